The van der Waals surface area contributed by atoms with Gasteiger partial charge in [-0.05, 0) is 39.9 Å². The van der Waals surface area contributed by atoms with Gasteiger partial charge in [0.2, 0.25) is 0 Å². The molecule has 4 heteroatoms. The number of hydrogen-bond acceptors (Lipinski definition) is 2. The Kier molecular flexibility index (Phi) is 3.95. The fraction of sp³-hybridized carbons (Fsp3) is 0.545. The molecule has 1 aromatic heterocycles. The van der Waals surface area contributed by atoms with Crippen LogP contribution in [0.15, 0.2) is 15.9 Å². The van der Waals surface area contributed by atoms with E-state index < -0.39 is 5.97 Å². The van der Waals surface area contributed by atoms with Gasteiger partial charge in [-0.25, -0.2) is 0 Å². The molecule has 1 rings (SSSR count). The SMILES string of the molecule is CC(C)(C)C(Cc1ccc(Br)s1)C(=O)O. The van der Waals surface area contributed by atoms with E-state index in [4.69, 9.17) is 5.11 Å². The summed E-state index contributed by atoms with van der Waals surface area (Å²) >= 11 is 4.98. The van der Waals surface area contributed by atoms with E-state index in [-0.39, 0.29) is 11.3 Å². The minimum absolute atomic E-state index is 0.206. The summed E-state index contributed by atoms with van der Waals surface area (Å²) in [4.78, 5) is 12.3. The molecule has 1 aromatic rings. The maximum absolute atomic E-state index is 11.2. The van der Waals surface area contributed by atoms with Crippen molar-refractivity contribution in [3.63, 3.8) is 0 Å². The van der Waals surface area contributed by atoms with Crippen molar-refractivity contribution in [2.45, 2.75) is 27.2 Å². The average Bonchev–Trinajstić information content (AvgIpc) is 2.44. The van der Waals surface area contributed by atoms with Crippen molar-refractivity contribution < 1.29 is 9.90 Å². The quantitative estimate of drug-likeness (QED) is 0.919. The second-order valence-corrected chi connectivity index (χ2v) is 7.21. The molecule has 1 heterocycles. The van der Waals surface area contributed by atoms with E-state index in [0.29, 0.717) is 6.42 Å². The van der Waals surface area contributed by atoms with Crippen LogP contribution in [0.3, 0.4) is 0 Å². The fourth-order valence-electron chi connectivity index (χ4n) is 1.43. The third kappa shape index (κ3) is 3.61. The van der Waals surface area contributed by atoms with E-state index in [2.05, 4.69) is 15.9 Å². The van der Waals surface area contributed by atoms with E-state index >= 15 is 0 Å². The van der Waals surface area contributed by atoms with Crippen molar-refractivity contribution in [3.8, 4) is 0 Å². The van der Waals surface area contributed by atoms with Gasteiger partial charge in [0.25, 0.3) is 0 Å². The molecule has 1 atom stereocenters. The Hall–Kier alpha value is -0.350. The van der Waals surface area contributed by atoms with Gasteiger partial charge in [0.05, 0.1) is 9.70 Å². The van der Waals surface area contributed by atoms with E-state index in [1.807, 2.05) is 32.9 Å². The third-order valence-corrected chi connectivity index (χ3v) is 4.02. The highest BCUT2D eigenvalue weighted by Gasteiger charge is 2.31. The van der Waals surface area contributed by atoms with Gasteiger partial charge in [-0.1, -0.05) is 20.8 Å². The van der Waals surface area contributed by atoms with Crippen molar-refractivity contribution in [2.24, 2.45) is 11.3 Å². The summed E-state index contributed by atoms with van der Waals surface area (Å²) < 4.78 is 1.05. The molecule has 0 spiro atoms. The molecule has 1 unspecified atom stereocenters. The summed E-state index contributed by atoms with van der Waals surface area (Å²) in [5.41, 5.74) is -0.206. The summed E-state index contributed by atoms with van der Waals surface area (Å²) in [5.74, 6) is -1.05. The summed E-state index contributed by atoms with van der Waals surface area (Å²) in [7, 11) is 0. The summed E-state index contributed by atoms with van der Waals surface area (Å²) in [6.07, 6.45) is 0.606. The van der Waals surface area contributed by atoms with Gasteiger partial charge < -0.3 is 5.11 Å². The molecule has 0 aliphatic heterocycles. The highest BCUT2D eigenvalue weighted by molar-refractivity contribution is 9.11. The molecule has 0 saturated heterocycles. The van der Waals surface area contributed by atoms with Crippen LogP contribution in [-0.2, 0) is 11.2 Å². The Balaban J connectivity index is 2.81. The van der Waals surface area contributed by atoms with E-state index in [1.54, 1.807) is 11.3 Å². The summed E-state index contributed by atoms with van der Waals surface area (Å²) in [6, 6.07) is 3.94. The van der Waals surface area contributed by atoms with Crippen LogP contribution in [0.1, 0.15) is 25.6 Å². The Labute approximate surface area is 102 Å². The lowest BCUT2D eigenvalue weighted by molar-refractivity contribution is -0.145. The summed E-state index contributed by atoms with van der Waals surface area (Å²) in [6.45, 7) is 5.90. The third-order valence-electron chi connectivity index (χ3n) is 2.38. The molecule has 0 radical (unpaired) electrons. The molecule has 15 heavy (non-hydrogen) atoms. The first-order valence-corrected chi connectivity index (χ1v) is 6.38. The summed E-state index contributed by atoms with van der Waals surface area (Å²) in [5, 5.41) is 9.17. The first-order chi connectivity index (χ1) is 6.80. The van der Waals surface area contributed by atoms with E-state index in [9.17, 15) is 4.79 Å². The molecule has 0 bridgehead atoms. The number of carboxylic acids is 1. The second kappa shape index (κ2) is 4.66. The first kappa shape index (κ1) is 12.7. The predicted molar refractivity (Wildman–Crippen MR) is 66.3 cm³/mol. The standard InChI is InChI=1S/C11H15BrO2S/c1-11(2,3)8(10(13)14)6-7-4-5-9(12)15-7/h4-5,8H,6H2,1-3H3,(H,13,14). The molecule has 0 aliphatic rings. The molecular weight excluding hydrogens is 276 g/mol. The number of aliphatic carboxylic acids is 1. The van der Waals surface area contributed by atoms with Crippen LogP contribution >= 0.6 is 27.3 Å². The topological polar surface area (TPSA) is 37.3 Å². The molecule has 2 nitrogen and oxygen atoms in total. The highest BCUT2D eigenvalue weighted by atomic mass is 79.9. The first-order valence-electron chi connectivity index (χ1n) is 4.77. The van der Waals surface area contributed by atoms with E-state index in [1.165, 1.54) is 0 Å². The Bertz CT molecular complexity index is 352. The molecule has 0 amide bonds. The van der Waals surface area contributed by atoms with Crippen LogP contribution in [0, 0.1) is 11.3 Å². The van der Waals surface area contributed by atoms with Gasteiger partial charge >= 0.3 is 5.97 Å². The normalized spacial score (nSPS) is 13.9. The van der Waals surface area contributed by atoms with Crippen LogP contribution in [0.4, 0.5) is 0 Å². The van der Waals surface area contributed by atoms with Crippen molar-refractivity contribution >= 4 is 33.2 Å². The molecule has 0 aromatic carbocycles. The highest BCUT2D eigenvalue weighted by Crippen LogP contribution is 2.32. The number of thiophene rings is 1. The lowest BCUT2D eigenvalue weighted by Gasteiger charge is -2.26. The lowest BCUT2D eigenvalue weighted by atomic mass is 9.78. The molecule has 0 fully saturated rings. The Morgan fingerprint density at radius 1 is 1.53 bits per heavy atom. The Morgan fingerprint density at radius 2 is 2.13 bits per heavy atom. The van der Waals surface area contributed by atoms with Gasteiger partial charge in [-0.3, -0.25) is 4.79 Å². The number of rotatable bonds is 3. The van der Waals surface area contributed by atoms with Gasteiger partial charge in [0.15, 0.2) is 0 Å². The van der Waals surface area contributed by atoms with Crippen molar-refractivity contribution in [2.75, 3.05) is 0 Å². The predicted octanol–water partition coefficient (Wildman–Crippen LogP) is 3.80. The monoisotopic (exact) mass is 290 g/mol. The fourth-order valence-corrected chi connectivity index (χ4v) is 2.96. The van der Waals surface area contributed by atoms with Gasteiger partial charge in [-0.2, -0.15) is 0 Å². The molecule has 84 valence electrons. The van der Waals surface area contributed by atoms with Crippen LogP contribution in [-0.4, -0.2) is 11.1 Å². The maximum atomic E-state index is 11.2. The van der Waals surface area contributed by atoms with Crippen molar-refractivity contribution in [1.82, 2.24) is 0 Å². The Morgan fingerprint density at radius 3 is 2.47 bits per heavy atom. The molecule has 0 aliphatic carbocycles. The van der Waals surface area contributed by atoms with Gasteiger partial charge in [0, 0.05) is 4.88 Å². The molecule has 0 saturated carbocycles. The second-order valence-electron chi connectivity index (χ2n) is 4.67. The number of hydrogen-bond donors (Lipinski definition) is 1. The average molecular weight is 291 g/mol. The zero-order valence-electron chi connectivity index (χ0n) is 9.08. The van der Waals surface area contributed by atoms with Crippen molar-refractivity contribution in [1.29, 1.82) is 0 Å². The lowest BCUT2D eigenvalue weighted by Crippen LogP contribution is -2.30. The van der Waals surface area contributed by atoms with Crippen LogP contribution in [0.25, 0.3) is 0 Å². The van der Waals surface area contributed by atoms with Crippen LogP contribution in [0.5, 0.6) is 0 Å². The minimum atomic E-state index is -0.716. The molecular formula is C11H15BrO2S. The van der Waals surface area contributed by atoms with Gasteiger partial charge in [-0.15, -0.1) is 11.3 Å². The zero-order valence-corrected chi connectivity index (χ0v) is 11.5. The van der Waals surface area contributed by atoms with Crippen LogP contribution < -0.4 is 0 Å². The minimum Gasteiger partial charge on any atom is -0.481 e. The number of halogens is 1. The van der Waals surface area contributed by atoms with Crippen LogP contribution in [0.2, 0.25) is 0 Å². The number of carboxylic acid groups (broad SMARTS) is 1. The zero-order chi connectivity index (χ0) is 11.6. The van der Waals surface area contributed by atoms with Gasteiger partial charge in [0.1, 0.15) is 0 Å². The number of carbonyl (C=O) groups is 1. The van der Waals surface area contributed by atoms with E-state index in [0.717, 1.165) is 8.66 Å². The molecule has 1 N–H and O–H groups in total. The smallest absolute Gasteiger partial charge is 0.307 e. The maximum Gasteiger partial charge on any atom is 0.307 e. The largest absolute Gasteiger partial charge is 0.481 e. The van der Waals surface area contributed by atoms with Crippen molar-refractivity contribution in [3.05, 3.63) is 20.8 Å².